The largest absolute Gasteiger partial charge is 0.380 e. The topological polar surface area (TPSA) is 18.5 Å². The van der Waals surface area contributed by atoms with Crippen molar-refractivity contribution in [1.82, 2.24) is 0 Å². The molecule has 0 bridgehead atoms. The minimum Gasteiger partial charge on any atom is -0.380 e. The molecule has 2 rings (SSSR count). The molecule has 0 aliphatic carbocycles. The van der Waals surface area contributed by atoms with E-state index in [2.05, 4.69) is 67.6 Å². The van der Waals surface area contributed by atoms with E-state index in [1.165, 1.54) is 22.6 Å². The van der Waals surface area contributed by atoms with Gasteiger partial charge in [-0.15, -0.1) is 0 Å². The van der Waals surface area contributed by atoms with Crippen molar-refractivity contribution in [1.29, 1.82) is 0 Å². The Morgan fingerprint density at radius 2 is 1.30 bits per heavy atom. The fraction of sp³-hybridized carbons (Fsp3) is 0.538. The fourth-order valence-electron chi connectivity index (χ4n) is 3.12. The maximum atomic E-state index is 6.05. The summed E-state index contributed by atoms with van der Waals surface area (Å²) >= 11 is 4.01. The van der Waals surface area contributed by atoms with Crippen molar-refractivity contribution in [3.63, 3.8) is 0 Å². The SMILES string of the molecule is CCC(CCOCCSCCc1ccccc1)OCCCSCCc1ccccc1. The van der Waals surface area contributed by atoms with Crippen LogP contribution in [0, 0.1) is 0 Å². The van der Waals surface area contributed by atoms with Crippen molar-refractivity contribution in [2.24, 2.45) is 0 Å². The average Bonchev–Trinajstić information content (AvgIpc) is 2.80. The van der Waals surface area contributed by atoms with Gasteiger partial charge in [-0.3, -0.25) is 0 Å². The summed E-state index contributed by atoms with van der Waals surface area (Å²) in [6.45, 7) is 4.72. The Labute approximate surface area is 192 Å². The Morgan fingerprint density at radius 1 is 0.700 bits per heavy atom. The highest BCUT2D eigenvalue weighted by Gasteiger charge is 2.06. The van der Waals surface area contributed by atoms with Crippen LogP contribution in [0.2, 0.25) is 0 Å². The lowest BCUT2D eigenvalue weighted by Gasteiger charge is -2.16. The zero-order valence-electron chi connectivity index (χ0n) is 18.5. The molecule has 2 aromatic carbocycles. The molecule has 0 aliphatic rings. The van der Waals surface area contributed by atoms with Gasteiger partial charge in [-0.1, -0.05) is 67.6 Å². The van der Waals surface area contributed by atoms with Gasteiger partial charge < -0.3 is 9.47 Å². The number of hydrogen-bond donors (Lipinski definition) is 0. The molecule has 0 fully saturated rings. The van der Waals surface area contributed by atoms with Crippen LogP contribution in [0.4, 0.5) is 0 Å². The van der Waals surface area contributed by atoms with E-state index in [0.717, 1.165) is 63.4 Å². The Kier molecular flexibility index (Phi) is 14.9. The van der Waals surface area contributed by atoms with Gasteiger partial charge in [0.25, 0.3) is 0 Å². The molecule has 1 atom stereocenters. The summed E-state index contributed by atoms with van der Waals surface area (Å²) < 4.78 is 11.9. The fourth-order valence-corrected chi connectivity index (χ4v) is 4.85. The average molecular weight is 447 g/mol. The van der Waals surface area contributed by atoms with Crippen LogP contribution in [0.15, 0.2) is 60.7 Å². The predicted octanol–water partition coefficient (Wildman–Crippen LogP) is 6.53. The molecule has 0 aromatic heterocycles. The number of aryl methyl sites for hydroxylation is 2. The third-order valence-corrected chi connectivity index (χ3v) is 6.97. The molecule has 1 unspecified atom stereocenters. The Bertz CT molecular complexity index is 621. The van der Waals surface area contributed by atoms with Crippen molar-refractivity contribution < 1.29 is 9.47 Å². The molecular formula is C26H38O2S2. The van der Waals surface area contributed by atoms with Crippen molar-refractivity contribution in [3.05, 3.63) is 71.8 Å². The molecular weight excluding hydrogens is 408 g/mol. The highest BCUT2D eigenvalue weighted by molar-refractivity contribution is 7.99. The van der Waals surface area contributed by atoms with Gasteiger partial charge in [-0.05, 0) is 60.5 Å². The number of hydrogen-bond acceptors (Lipinski definition) is 4. The lowest BCUT2D eigenvalue weighted by molar-refractivity contribution is 0.0222. The van der Waals surface area contributed by atoms with Gasteiger partial charge in [-0.25, -0.2) is 0 Å². The number of rotatable bonds is 18. The van der Waals surface area contributed by atoms with Crippen LogP contribution in [-0.2, 0) is 22.3 Å². The van der Waals surface area contributed by atoms with E-state index < -0.39 is 0 Å². The van der Waals surface area contributed by atoms with Crippen LogP contribution in [0.5, 0.6) is 0 Å². The summed E-state index contributed by atoms with van der Waals surface area (Å²) in [5, 5.41) is 0. The third-order valence-electron chi connectivity index (χ3n) is 4.95. The summed E-state index contributed by atoms with van der Waals surface area (Å²) in [6, 6.07) is 21.4. The molecule has 0 saturated carbocycles. The molecule has 2 nitrogen and oxygen atoms in total. The maximum Gasteiger partial charge on any atom is 0.0594 e. The van der Waals surface area contributed by atoms with Gasteiger partial charge in [0.2, 0.25) is 0 Å². The van der Waals surface area contributed by atoms with Crippen LogP contribution in [0.1, 0.15) is 37.3 Å². The van der Waals surface area contributed by atoms with Gasteiger partial charge in [-0.2, -0.15) is 23.5 Å². The van der Waals surface area contributed by atoms with Gasteiger partial charge in [0, 0.05) is 19.0 Å². The number of ether oxygens (including phenoxy) is 2. The smallest absolute Gasteiger partial charge is 0.0594 e. The third kappa shape index (κ3) is 12.7. The molecule has 0 radical (unpaired) electrons. The van der Waals surface area contributed by atoms with Crippen molar-refractivity contribution in [2.45, 2.75) is 45.1 Å². The molecule has 166 valence electrons. The molecule has 0 saturated heterocycles. The standard InChI is InChI=1S/C26H38O2S2/c1-2-26(28-17-9-20-29-21-15-24-10-5-3-6-11-24)14-18-27-19-23-30-22-16-25-12-7-4-8-13-25/h3-8,10-13,26H,2,9,14-23H2,1H3. The first kappa shape index (κ1) is 25.3. The zero-order chi connectivity index (χ0) is 21.1. The molecule has 0 heterocycles. The normalized spacial score (nSPS) is 12.2. The molecule has 0 aliphatic heterocycles. The Hall–Kier alpha value is -0.940. The zero-order valence-corrected chi connectivity index (χ0v) is 20.1. The quantitative estimate of drug-likeness (QED) is 0.242. The summed E-state index contributed by atoms with van der Waals surface area (Å²) in [5.41, 5.74) is 2.85. The molecule has 0 N–H and O–H groups in total. The molecule has 30 heavy (non-hydrogen) atoms. The highest BCUT2D eigenvalue weighted by atomic mass is 32.2. The predicted molar refractivity (Wildman–Crippen MR) is 135 cm³/mol. The number of benzene rings is 2. The van der Waals surface area contributed by atoms with E-state index in [1.54, 1.807) is 0 Å². The van der Waals surface area contributed by atoms with Crippen LogP contribution in [0.25, 0.3) is 0 Å². The van der Waals surface area contributed by atoms with E-state index in [0.29, 0.717) is 6.10 Å². The first-order chi connectivity index (χ1) is 14.9. The Morgan fingerprint density at radius 3 is 1.90 bits per heavy atom. The minimum atomic E-state index is 0.338. The highest BCUT2D eigenvalue weighted by Crippen LogP contribution is 2.11. The van der Waals surface area contributed by atoms with Gasteiger partial charge in [0.05, 0.1) is 12.7 Å². The molecule has 0 spiro atoms. The van der Waals surface area contributed by atoms with Crippen LogP contribution in [-0.4, -0.2) is 48.9 Å². The van der Waals surface area contributed by atoms with E-state index in [1.807, 2.05) is 23.5 Å². The van der Waals surface area contributed by atoms with Crippen LogP contribution in [0.3, 0.4) is 0 Å². The van der Waals surface area contributed by atoms with Crippen LogP contribution < -0.4 is 0 Å². The van der Waals surface area contributed by atoms with Crippen LogP contribution >= 0.6 is 23.5 Å². The minimum absolute atomic E-state index is 0.338. The second-order valence-corrected chi connectivity index (χ2v) is 9.80. The van der Waals surface area contributed by atoms with E-state index in [9.17, 15) is 0 Å². The molecule has 2 aromatic rings. The van der Waals surface area contributed by atoms with Crippen molar-refractivity contribution >= 4 is 23.5 Å². The van der Waals surface area contributed by atoms with E-state index in [-0.39, 0.29) is 0 Å². The Balaban J connectivity index is 1.36. The maximum absolute atomic E-state index is 6.05. The lowest BCUT2D eigenvalue weighted by Crippen LogP contribution is -2.16. The second kappa shape index (κ2) is 17.7. The first-order valence-electron chi connectivity index (χ1n) is 11.3. The van der Waals surface area contributed by atoms with E-state index in [4.69, 9.17) is 9.47 Å². The van der Waals surface area contributed by atoms with Crippen molar-refractivity contribution in [3.8, 4) is 0 Å². The van der Waals surface area contributed by atoms with Gasteiger partial charge in [0.15, 0.2) is 0 Å². The molecule has 4 heteroatoms. The monoisotopic (exact) mass is 446 g/mol. The van der Waals surface area contributed by atoms with Gasteiger partial charge >= 0.3 is 0 Å². The molecule has 0 amide bonds. The van der Waals surface area contributed by atoms with Crippen molar-refractivity contribution in [2.75, 3.05) is 42.8 Å². The number of thioether (sulfide) groups is 2. The second-order valence-electron chi connectivity index (χ2n) is 7.35. The first-order valence-corrected chi connectivity index (χ1v) is 13.6. The summed E-state index contributed by atoms with van der Waals surface area (Å²) in [7, 11) is 0. The summed E-state index contributed by atoms with van der Waals surface area (Å²) in [5.74, 6) is 4.61. The summed E-state index contributed by atoms with van der Waals surface area (Å²) in [6.07, 6.45) is 5.84. The van der Waals surface area contributed by atoms with E-state index >= 15 is 0 Å². The summed E-state index contributed by atoms with van der Waals surface area (Å²) in [4.78, 5) is 0. The lowest BCUT2D eigenvalue weighted by atomic mass is 10.2. The van der Waals surface area contributed by atoms with Gasteiger partial charge in [0.1, 0.15) is 0 Å².